The van der Waals surface area contributed by atoms with E-state index in [0.717, 1.165) is 12.8 Å². The molecule has 1 aromatic carbocycles. The molecule has 1 heterocycles. The number of hydrogen-bond acceptors (Lipinski definition) is 3. The molecule has 0 aliphatic rings. The van der Waals surface area contributed by atoms with Gasteiger partial charge in [-0.15, -0.1) is 0 Å². The van der Waals surface area contributed by atoms with Crippen LogP contribution in [-0.2, 0) is 13.0 Å². The summed E-state index contributed by atoms with van der Waals surface area (Å²) in [4.78, 5) is 11.0. The first-order chi connectivity index (χ1) is 8.68. The Bertz CT molecular complexity index is 534. The highest BCUT2D eigenvalue weighted by Crippen LogP contribution is 2.12. The first-order valence-electron chi connectivity index (χ1n) is 5.77. The van der Waals surface area contributed by atoms with Crippen LogP contribution < -0.4 is 5.73 Å². The van der Waals surface area contributed by atoms with Crippen LogP contribution in [0, 0.1) is 0 Å². The Morgan fingerprint density at radius 2 is 2.06 bits per heavy atom. The van der Waals surface area contributed by atoms with Crippen LogP contribution in [0.5, 0.6) is 0 Å². The number of aryl methyl sites for hydroxylation is 2. The zero-order chi connectivity index (χ0) is 13.0. The number of nitrogen functional groups attached to an aromatic ring is 1. The van der Waals surface area contributed by atoms with Crippen LogP contribution in [0.1, 0.15) is 22.5 Å². The van der Waals surface area contributed by atoms with Gasteiger partial charge in [-0.2, -0.15) is 5.10 Å². The minimum atomic E-state index is -1.04. The molecule has 5 nitrogen and oxygen atoms in total. The lowest BCUT2D eigenvalue weighted by molar-refractivity contribution is 0.0684. The van der Waals surface area contributed by atoms with E-state index < -0.39 is 5.97 Å². The van der Waals surface area contributed by atoms with Gasteiger partial charge in [-0.05, 0) is 18.4 Å². The van der Waals surface area contributed by atoms with E-state index >= 15 is 0 Å². The van der Waals surface area contributed by atoms with Crippen LogP contribution in [0.3, 0.4) is 0 Å². The number of nitrogens with two attached hydrogens (primary N) is 1. The summed E-state index contributed by atoms with van der Waals surface area (Å²) in [6.07, 6.45) is 3.09. The summed E-state index contributed by atoms with van der Waals surface area (Å²) < 4.78 is 1.45. The zero-order valence-corrected chi connectivity index (χ0v) is 9.91. The average Bonchev–Trinajstić information content (AvgIpc) is 2.72. The third kappa shape index (κ3) is 2.68. The van der Waals surface area contributed by atoms with E-state index in [1.807, 2.05) is 18.2 Å². The molecule has 2 aromatic rings. The fourth-order valence-corrected chi connectivity index (χ4v) is 1.88. The van der Waals surface area contributed by atoms with E-state index in [-0.39, 0.29) is 11.4 Å². The molecule has 0 amide bonds. The van der Waals surface area contributed by atoms with Crippen molar-refractivity contribution in [3.63, 3.8) is 0 Å². The van der Waals surface area contributed by atoms with Gasteiger partial charge in [0, 0.05) is 6.54 Å². The average molecular weight is 245 g/mol. The molecule has 2 rings (SSSR count). The lowest BCUT2D eigenvalue weighted by Crippen LogP contribution is -2.12. The lowest BCUT2D eigenvalue weighted by atomic mass is 10.1. The van der Waals surface area contributed by atoms with Crippen molar-refractivity contribution in [2.24, 2.45) is 0 Å². The van der Waals surface area contributed by atoms with Crippen molar-refractivity contribution in [1.82, 2.24) is 9.78 Å². The largest absolute Gasteiger partial charge is 0.476 e. The molecular weight excluding hydrogens is 230 g/mol. The van der Waals surface area contributed by atoms with Crippen molar-refractivity contribution in [3.8, 4) is 0 Å². The number of carboxylic acids is 1. The monoisotopic (exact) mass is 245 g/mol. The van der Waals surface area contributed by atoms with Crippen molar-refractivity contribution >= 4 is 11.7 Å². The van der Waals surface area contributed by atoms with Gasteiger partial charge in [0.1, 0.15) is 0 Å². The standard InChI is InChI=1S/C13H15N3O2/c14-11-9-15-16(12(11)13(17)18)8-4-7-10-5-2-1-3-6-10/h1-3,5-6,9H,4,7-8,14H2,(H,17,18). The smallest absolute Gasteiger partial charge is 0.356 e. The number of carboxylic acid groups (broad SMARTS) is 1. The maximum absolute atomic E-state index is 11.0. The second kappa shape index (κ2) is 5.35. The Morgan fingerprint density at radius 1 is 1.33 bits per heavy atom. The number of nitrogens with zero attached hydrogens (tertiary/aromatic N) is 2. The highest BCUT2D eigenvalue weighted by atomic mass is 16.4. The molecule has 3 N–H and O–H groups in total. The van der Waals surface area contributed by atoms with Gasteiger partial charge in [0.2, 0.25) is 0 Å². The molecular formula is C13H15N3O2. The van der Waals surface area contributed by atoms with Crippen molar-refractivity contribution in [2.75, 3.05) is 5.73 Å². The molecule has 0 aliphatic carbocycles. The third-order valence-corrected chi connectivity index (χ3v) is 2.75. The van der Waals surface area contributed by atoms with Gasteiger partial charge in [0.15, 0.2) is 5.69 Å². The Labute approximate surface area is 105 Å². The van der Waals surface area contributed by atoms with Crippen LogP contribution in [0.4, 0.5) is 5.69 Å². The zero-order valence-electron chi connectivity index (χ0n) is 9.91. The van der Waals surface area contributed by atoms with Crippen LogP contribution in [-0.4, -0.2) is 20.9 Å². The topological polar surface area (TPSA) is 81.1 Å². The summed E-state index contributed by atoms with van der Waals surface area (Å²) >= 11 is 0. The fourth-order valence-electron chi connectivity index (χ4n) is 1.88. The summed E-state index contributed by atoms with van der Waals surface area (Å²) in [5, 5.41) is 13.0. The number of rotatable bonds is 5. The van der Waals surface area contributed by atoms with E-state index in [4.69, 9.17) is 10.8 Å². The third-order valence-electron chi connectivity index (χ3n) is 2.75. The Morgan fingerprint density at radius 3 is 2.72 bits per heavy atom. The number of carbonyl (C=O) groups is 1. The summed E-state index contributed by atoms with van der Waals surface area (Å²) in [6, 6.07) is 10.1. The minimum Gasteiger partial charge on any atom is -0.476 e. The Balaban J connectivity index is 1.97. The van der Waals surface area contributed by atoms with E-state index in [1.165, 1.54) is 16.4 Å². The summed E-state index contributed by atoms with van der Waals surface area (Å²) in [5.41, 5.74) is 7.07. The molecule has 1 aromatic heterocycles. The van der Waals surface area contributed by atoms with Gasteiger partial charge in [0.25, 0.3) is 0 Å². The first-order valence-corrected chi connectivity index (χ1v) is 5.77. The quantitative estimate of drug-likeness (QED) is 0.841. The van der Waals surface area contributed by atoms with Gasteiger partial charge < -0.3 is 10.8 Å². The lowest BCUT2D eigenvalue weighted by Gasteiger charge is -2.05. The molecule has 5 heteroatoms. The summed E-state index contributed by atoms with van der Waals surface area (Å²) in [7, 11) is 0. The molecule has 0 bridgehead atoms. The highest BCUT2D eigenvalue weighted by molar-refractivity contribution is 5.91. The number of hydrogen-bond donors (Lipinski definition) is 2. The van der Waals surface area contributed by atoms with Gasteiger partial charge >= 0.3 is 5.97 Å². The summed E-state index contributed by atoms with van der Waals surface area (Å²) in [6.45, 7) is 0.549. The number of aromatic nitrogens is 2. The molecule has 0 spiro atoms. The van der Waals surface area contributed by atoms with E-state index in [1.54, 1.807) is 0 Å². The van der Waals surface area contributed by atoms with Crippen LogP contribution >= 0.6 is 0 Å². The van der Waals surface area contributed by atoms with Gasteiger partial charge in [0.05, 0.1) is 11.9 Å². The van der Waals surface area contributed by atoms with Crippen molar-refractivity contribution in [3.05, 3.63) is 47.8 Å². The molecule has 94 valence electrons. The minimum absolute atomic E-state index is 0.0723. The van der Waals surface area contributed by atoms with E-state index in [0.29, 0.717) is 6.54 Å². The Hall–Kier alpha value is -2.30. The van der Waals surface area contributed by atoms with Gasteiger partial charge in [-0.1, -0.05) is 30.3 Å². The number of anilines is 1. The maximum atomic E-state index is 11.0. The van der Waals surface area contributed by atoms with Gasteiger partial charge in [-0.25, -0.2) is 4.79 Å². The van der Waals surface area contributed by atoms with Crippen LogP contribution in [0.15, 0.2) is 36.5 Å². The second-order valence-electron chi connectivity index (χ2n) is 4.07. The highest BCUT2D eigenvalue weighted by Gasteiger charge is 2.14. The fraction of sp³-hybridized carbons (Fsp3) is 0.231. The maximum Gasteiger partial charge on any atom is 0.356 e. The molecule has 0 atom stereocenters. The molecule has 0 unspecified atom stereocenters. The molecule has 0 saturated heterocycles. The van der Waals surface area contributed by atoms with Crippen LogP contribution in [0.2, 0.25) is 0 Å². The van der Waals surface area contributed by atoms with Crippen molar-refractivity contribution < 1.29 is 9.90 Å². The second-order valence-corrected chi connectivity index (χ2v) is 4.07. The van der Waals surface area contributed by atoms with Crippen molar-refractivity contribution in [2.45, 2.75) is 19.4 Å². The molecule has 0 radical (unpaired) electrons. The van der Waals surface area contributed by atoms with Gasteiger partial charge in [-0.3, -0.25) is 4.68 Å². The molecule has 0 aliphatic heterocycles. The Kier molecular flexibility index (Phi) is 3.62. The van der Waals surface area contributed by atoms with E-state index in [2.05, 4.69) is 17.2 Å². The van der Waals surface area contributed by atoms with Crippen molar-refractivity contribution in [1.29, 1.82) is 0 Å². The summed E-state index contributed by atoms with van der Waals surface area (Å²) in [5.74, 6) is -1.04. The first kappa shape index (κ1) is 12.2. The SMILES string of the molecule is Nc1cnn(CCCc2ccccc2)c1C(=O)O. The normalized spacial score (nSPS) is 10.4. The molecule has 0 fully saturated rings. The predicted octanol–water partition coefficient (Wildman–Crippen LogP) is 1.80. The molecule has 0 saturated carbocycles. The van der Waals surface area contributed by atoms with Crippen LogP contribution in [0.25, 0.3) is 0 Å². The molecule has 18 heavy (non-hydrogen) atoms. The predicted molar refractivity (Wildman–Crippen MR) is 68.4 cm³/mol. The number of benzene rings is 1. The number of aromatic carboxylic acids is 1. The van der Waals surface area contributed by atoms with E-state index in [9.17, 15) is 4.79 Å².